The molecular weight excluding hydrogens is 699 g/mol. The molecule has 0 heterocycles. The van der Waals surface area contributed by atoms with Crippen molar-refractivity contribution in [2.75, 3.05) is 0 Å². The number of carboxylic acid groups (broad SMARTS) is 2. The van der Waals surface area contributed by atoms with E-state index in [1.165, 1.54) is 167 Å². The number of hydrogen-bond donors (Lipinski definition) is 0. The minimum atomic E-state index is -0.903. The zero-order chi connectivity index (χ0) is 29.8. The molecule has 0 unspecified atom stereocenters. The topological polar surface area (TPSA) is 80.3 Å². The van der Waals surface area contributed by atoms with Crippen LogP contribution in [-0.2, 0) is 29.1 Å². The van der Waals surface area contributed by atoms with E-state index in [1.807, 2.05) is 0 Å². The van der Waals surface area contributed by atoms with Crippen molar-refractivity contribution in [3.05, 3.63) is 0 Å². The number of rotatable bonds is 32. The summed E-state index contributed by atoms with van der Waals surface area (Å²) in [4.78, 5) is 20.4. The van der Waals surface area contributed by atoms with Crippen molar-refractivity contribution in [1.29, 1.82) is 0 Å². The molecular formula is C36H72BaO4Zn. The van der Waals surface area contributed by atoms with Crippen LogP contribution < -0.4 is 10.2 Å². The molecule has 6 heteroatoms. The van der Waals surface area contributed by atoms with Gasteiger partial charge in [-0.2, -0.15) is 0 Å². The Labute approximate surface area is 319 Å². The molecule has 42 heavy (non-hydrogen) atoms. The molecule has 0 fully saturated rings. The third-order valence-electron chi connectivity index (χ3n) is 7.97. The van der Waals surface area contributed by atoms with Crippen LogP contribution in [0.2, 0.25) is 0 Å². The molecule has 4 nitrogen and oxygen atoms in total. The minimum Gasteiger partial charge on any atom is -1.00 e. The Bertz CT molecular complexity index is 473. The maximum absolute atomic E-state index is 10.2. The van der Waals surface area contributed by atoms with Gasteiger partial charge in [0.15, 0.2) is 0 Å². The fourth-order valence-electron chi connectivity index (χ4n) is 5.28. The van der Waals surface area contributed by atoms with Crippen molar-refractivity contribution in [1.82, 2.24) is 0 Å². The summed E-state index contributed by atoms with van der Waals surface area (Å²) >= 11 is 0. The number of hydrogen-bond acceptors (Lipinski definition) is 4. The molecule has 0 N–H and O–H groups in total. The minimum absolute atomic E-state index is 0. The van der Waals surface area contributed by atoms with Crippen LogP contribution >= 0.6 is 0 Å². The second-order valence-corrected chi connectivity index (χ2v) is 12.1. The molecule has 0 atom stereocenters. The molecule has 0 spiro atoms. The van der Waals surface area contributed by atoms with Crippen LogP contribution in [-0.4, -0.2) is 60.8 Å². The fraction of sp³-hybridized carbons (Fsp3) is 0.944. The predicted molar refractivity (Wildman–Crippen MR) is 177 cm³/mol. The Morgan fingerprint density at radius 2 is 0.500 bits per heavy atom. The number of carbonyl (C=O) groups is 2. The molecule has 0 radical (unpaired) electrons. The first-order valence-electron chi connectivity index (χ1n) is 17.9. The van der Waals surface area contributed by atoms with Gasteiger partial charge in [0.2, 0.25) is 0 Å². The molecule has 0 aliphatic carbocycles. The summed E-state index contributed by atoms with van der Waals surface area (Å²) in [5, 5.41) is 20.4. The summed E-state index contributed by atoms with van der Waals surface area (Å²) in [7, 11) is 0. The number of aliphatic carboxylic acids is 2. The number of unbranched alkanes of at least 4 members (excludes halogenated alkanes) is 28. The fourth-order valence-corrected chi connectivity index (χ4v) is 5.28. The van der Waals surface area contributed by atoms with Crippen molar-refractivity contribution in [3.63, 3.8) is 0 Å². The van der Waals surface area contributed by atoms with Gasteiger partial charge in [-0.25, -0.2) is 0 Å². The molecule has 244 valence electrons. The average molecular weight is 772 g/mol. The Kier molecular flexibility index (Phi) is 55.4. The van der Waals surface area contributed by atoms with Gasteiger partial charge in [-0.05, 0) is 25.7 Å². The van der Waals surface area contributed by atoms with Gasteiger partial charge in [0.1, 0.15) is 0 Å². The van der Waals surface area contributed by atoms with Gasteiger partial charge < -0.3 is 22.7 Å². The van der Waals surface area contributed by atoms with Gasteiger partial charge in [0.25, 0.3) is 0 Å². The third-order valence-corrected chi connectivity index (χ3v) is 7.97. The molecule has 0 saturated carbocycles. The second-order valence-electron chi connectivity index (χ2n) is 12.1. The zero-order valence-corrected chi connectivity index (χ0v) is 36.1. The third kappa shape index (κ3) is 53.7. The zero-order valence-electron chi connectivity index (χ0n) is 30.7. The largest absolute Gasteiger partial charge is 2.00 e. The van der Waals surface area contributed by atoms with Crippen LogP contribution in [0.25, 0.3) is 0 Å². The van der Waals surface area contributed by atoms with Crippen molar-refractivity contribution in [2.24, 2.45) is 0 Å². The van der Waals surface area contributed by atoms with Crippen molar-refractivity contribution in [3.8, 4) is 0 Å². The molecule has 0 amide bonds. The Hall–Kier alpha value is 1.13. The van der Waals surface area contributed by atoms with Gasteiger partial charge in [-0.1, -0.05) is 194 Å². The van der Waals surface area contributed by atoms with E-state index in [0.717, 1.165) is 25.7 Å². The summed E-state index contributed by atoms with van der Waals surface area (Å²) in [5.74, 6) is -1.81. The predicted octanol–water partition coefficient (Wildman–Crippen LogP) is 9.84. The van der Waals surface area contributed by atoms with E-state index in [4.69, 9.17) is 0 Å². The van der Waals surface area contributed by atoms with Crippen LogP contribution in [0.1, 0.15) is 222 Å². The van der Waals surface area contributed by atoms with Gasteiger partial charge >= 0.3 is 68.4 Å². The first kappa shape index (κ1) is 50.0. The molecule has 0 aliphatic rings. The van der Waals surface area contributed by atoms with Gasteiger partial charge in [-0.3, -0.25) is 0 Å². The van der Waals surface area contributed by atoms with Gasteiger partial charge in [0.05, 0.1) is 0 Å². The van der Waals surface area contributed by atoms with Crippen molar-refractivity contribution >= 4 is 60.8 Å². The summed E-state index contributed by atoms with van der Waals surface area (Å²) in [6.07, 6.45) is 39.7. The molecule has 0 saturated heterocycles. The van der Waals surface area contributed by atoms with E-state index in [2.05, 4.69) is 13.8 Å². The summed E-state index contributed by atoms with van der Waals surface area (Å²) in [6.45, 7) is 4.53. The monoisotopic (exact) mass is 770 g/mol. The Morgan fingerprint density at radius 3 is 0.643 bits per heavy atom. The quantitative estimate of drug-likeness (QED) is 0.0504. The van der Waals surface area contributed by atoms with E-state index in [-0.39, 0.29) is 84.1 Å². The van der Waals surface area contributed by atoms with Crippen molar-refractivity contribution < 1.29 is 42.1 Å². The number of carboxylic acids is 2. The Balaban J connectivity index is -0.000000150. The molecule has 0 aliphatic heterocycles. The van der Waals surface area contributed by atoms with Crippen LogP contribution in [0.4, 0.5) is 0 Å². The van der Waals surface area contributed by atoms with E-state index in [9.17, 15) is 19.8 Å². The molecule has 0 aromatic carbocycles. The van der Waals surface area contributed by atoms with E-state index < -0.39 is 11.9 Å². The summed E-state index contributed by atoms with van der Waals surface area (Å²) < 4.78 is 0. The molecule has 0 aromatic heterocycles. The summed E-state index contributed by atoms with van der Waals surface area (Å²) in [6, 6.07) is 0. The first-order valence-corrected chi connectivity index (χ1v) is 17.9. The maximum Gasteiger partial charge on any atom is 2.00 e. The van der Waals surface area contributed by atoms with E-state index >= 15 is 0 Å². The van der Waals surface area contributed by atoms with Crippen LogP contribution in [0.15, 0.2) is 0 Å². The molecule has 0 bridgehead atoms. The summed E-state index contributed by atoms with van der Waals surface area (Å²) in [5.41, 5.74) is 0. The van der Waals surface area contributed by atoms with E-state index in [0.29, 0.717) is 0 Å². The second kappa shape index (κ2) is 46.6. The Morgan fingerprint density at radius 1 is 0.357 bits per heavy atom. The van der Waals surface area contributed by atoms with Gasteiger partial charge in [-0.15, -0.1) is 0 Å². The van der Waals surface area contributed by atoms with Crippen LogP contribution in [0.3, 0.4) is 0 Å². The van der Waals surface area contributed by atoms with Crippen LogP contribution in [0.5, 0.6) is 0 Å². The first-order chi connectivity index (χ1) is 19.5. The van der Waals surface area contributed by atoms with Crippen LogP contribution in [0, 0.1) is 0 Å². The van der Waals surface area contributed by atoms with Crippen molar-refractivity contribution in [2.45, 2.75) is 219 Å². The smallest absolute Gasteiger partial charge is 1.00 e. The molecule has 0 aromatic rings. The average Bonchev–Trinajstić information content (AvgIpc) is 2.93. The number of carbonyl (C=O) groups excluding carboxylic acids is 2. The SMILES string of the molecule is CCCCCCCCCCCCCCCCCC(=O)[O-].CCCCCCCCCCCCCCCCCC(=O)[O-].[Ba+2].[H-].[H-].[Zn+2]. The normalized spacial score (nSPS) is 10.3. The van der Waals surface area contributed by atoms with Gasteiger partial charge in [0, 0.05) is 11.9 Å². The maximum atomic E-state index is 10.2. The standard InChI is InChI=1S/2C18H36O2.Ba.Zn.2H/c2*1-2-3-4-5-6-7-8-9-10-11-12-13-14-15-16-17-18(19)20;;;;/h2*2-17H2,1H3,(H,19,20);;;;/q;;2*+2;2*-1/p-2. The molecule has 0 rings (SSSR count). The van der Waals surface area contributed by atoms with E-state index in [1.54, 1.807) is 0 Å².